The number of alkyl halides is 3. The van der Waals surface area contributed by atoms with Gasteiger partial charge in [0.25, 0.3) is 11.2 Å². The Kier molecular flexibility index (Phi) is 5.13. The van der Waals surface area contributed by atoms with Crippen LogP contribution in [0.1, 0.15) is 5.56 Å². The zero-order chi connectivity index (χ0) is 20.6. The van der Waals surface area contributed by atoms with Gasteiger partial charge in [0.15, 0.2) is 0 Å². The fourth-order valence-corrected chi connectivity index (χ4v) is 3.59. The number of fused-ring (bicyclic) bond motifs is 1. The standard InChI is InChI=1S/C16H9ClF3N3O4S/c17-11-4-1-8(16(18,19)20)5-12(11)21-14(24)7-22-15(25)10-3-2-9(23(26)27)6-13(10)28-22/h1-6H,7H2,(H,21,24). The van der Waals surface area contributed by atoms with Crippen LogP contribution in [0.25, 0.3) is 10.1 Å². The van der Waals surface area contributed by atoms with Gasteiger partial charge in [-0.2, -0.15) is 13.2 Å². The second-order valence-electron chi connectivity index (χ2n) is 5.61. The maximum atomic E-state index is 12.8. The van der Waals surface area contributed by atoms with Gasteiger partial charge in [-0.3, -0.25) is 23.7 Å². The number of carbonyl (C=O) groups excluding carboxylic acids is 1. The van der Waals surface area contributed by atoms with E-state index in [4.69, 9.17) is 11.6 Å². The van der Waals surface area contributed by atoms with Crippen molar-refractivity contribution in [3.8, 4) is 0 Å². The topological polar surface area (TPSA) is 94.2 Å². The molecular weight excluding hydrogens is 423 g/mol. The molecule has 28 heavy (non-hydrogen) atoms. The second-order valence-corrected chi connectivity index (χ2v) is 7.08. The first-order valence-corrected chi connectivity index (χ1v) is 8.66. The van der Waals surface area contributed by atoms with Crippen molar-refractivity contribution in [2.75, 3.05) is 5.32 Å². The number of halogens is 4. The number of hydrogen-bond acceptors (Lipinski definition) is 5. The minimum atomic E-state index is -4.61. The quantitative estimate of drug-likeness (QED) is 0.492. The van der Waals surface area contributed by atoms with Gasteiger partial charge in [-0.05, 0) is 24.3 Å². The fourth-order valence-electron chi connectivity index (χ4n) is 2.39. The number of benzene rings is 2. The molecule has 1 heterocycles. The minimum Gasteiger partial charge on any atom is -0.323 e. The molecule has 0 atom stereocenters. The Hall–Kier alpha value is -2.92. The Morgan fingerprint density at radius 2 is 1.96 bits per heavy atom. The number of anilines is 1. The average Bonchev–Trinajstić information content (AvgIpc) is 2.91. The average molecular weight is 432 g/mol. The highest BCUT2D eigenvalue weighted by Crippen LogP contribution is 2.33. The normalized spacial score (nSPS) is 11.6. The van der Waals surface area contributed by atoms with E-state index in [9.17, 15) is 32.9 Å². The lowest BCUT2D eigenvalue weighted by Crippen LogP contribution is -2.24. The smallest absolute Gasteiger partial charge is 0.323 e. The van der Waals surface area contributed by atoms with Crippen molar-refractivity contribution in [1.29, 1.82) is 0 Å². The summed E-state index contributed by atoms with van der Waals surface area (Å²) < 4.78 is 39.7. The van der Waals surface area contributed by atoms with Gasteiger partial charge in [-0.15, -0.1) is 0 Å². The molecule has 12 heteroatoms. The molecule has 0 bridgehead atoms. The first-order valence-electron chi connectivity index (χ1n) is 7.51. The van der Waals surface area contributed by atoms with Gasteiger partial charge in [0, 0.05) is 12.1 Å². The number of rotatable bonds is 4. The van der Waals surface area contributed by atoms with Gasteiger partial charge in [0.05, 0.1) is 31.3 Å². The van der Waals surface area contributed by atoms with Crippen molar-refractivity contribution in [1.82, 2.24) is 3.96 Å². The van der Waals surface area contributed by atoms with Crippen LogP contribution in [0.15, 0.2) is 41.2 Å². The van der Waals surface area contributed by atoms with Crippen molar-refractivity contribution >= 4 is 50.5 Å². The first-order chi connectivity index (χ1) is 13.1. The van der Waals surface area contributed by atoms with Gasteiger partial charge >= 0.3 is 6.18 Å². The van der Waals surface area contributed by atoms with Crippen molar-refractivity contribution in [3.05, 3.63) is 67.5 Å². The summed E-state index contributed by atoms with van der Waals surface area (Å²) in [6.07, 6.45) is -4.61. The lowest BCUT2D eigenvalue weighted by molar-refractivity contribution is -0.384. The number of nitro benzene ring substituents is 1. The van der Waals surface area contributed by atoms with E-state index in [0.29, 0.717) is 10.8 Å². The molecule has 1 aromatic heterocycles. The Balaban J connectivity index is 1.85. The Morgan fingerprint density at radius 1 is 1.25 bits per heavy atom. The molecule has 7 nitrogen and oxygen atoms in total. The molecule has 1 amide bonds. The van der Waals surface area contributed by atoms with Crippen LogP contribution in [0.2, 0.25) is 5.02 Å². The van der Waals surface area contributed by atoms with E-state index in [0.717, 1.165) is 27.6 Å². The summed E-state index contributed by atoms with van der Waals surface area (Å²) >= 11 is 6.66. The molecular formula is C16H9ClF3N3O4S. The third-order valence-electron chi connectivity index (χ3n) is 3.70. The molecule has 3 rings (SSSR count). The first kappa shape index (κ1) is 19.8. The van der Waals surface area contributed by atoms with E-state index in [1.165, 1.54) is 18.2 Å². The van der Waals surface area contributed by atoms with Gasteiger partial charge in [-0.25, -0.2) is 0 Å². The molecule has 0 saturated heterocycles. The number of non-ortho nitro benzene ring substituents is 1. The number of carbonyl (C=O) groups is 1. The molecule has 2 aromatic carbocycles. The van der Waals surface area contributed by atoms with E-state index in [2.05, 4.69) is 5.32 Å². The zero-order valence-corrected chi connectivity index (χ0v) is 15.2. The molecule has 0 unspecified atom stereocenters. The van der Waals surface area contributed by atoms with E-state index >= 15 is 0 Å². The highest BCUT2D eigenvalue weighted by Gasteiger charge is 2.31. The Bertz CT molecular complexity index is 1160. The Morgan fingerprint density at radius 3 is 2.61 bits per heavy atom. The van der Waals surface area contributed by atoms with Crippen LogP contribution in [0, 0.1) is 10.1 Å². The number of nitrogens with zero attached hydrogens (tertiary/aromatic N) is 2. The summed E-state index contributed by atoms with van der Waals surface area (Å²) in [5.41, 5.74) is -1.98. The largest absolute Gasteiger partial charge is 0.416 e. The van der Waals surface area contributed by atoms with Crippen molar-refractivity contribution in [2.45, 2.75) is 12.7 Å². The molecule has 1 N–H and O–H groups in total. The maximum absolute atomic E-state index is 12.8. The van der Waals surface area contributed by atoms with E-state index < -0.39 is 34.7 Å². The van der Waals surface area contributed by atoms with Gasteiger partial charge in [-0.1, -0.05) is 23.1 Å². The number of aromatic nitrogens is 1. The third-order valence-corrected chi connectivity index (χ3v) is 5.08. The predicted molar refractivity (Wildman–Crippen MR) is 97.8 cm³/mol. The predicted octanol–water partition coefficient (Wildman–Crippen LogP) is 4.28. The molecule has 0 aliphatic heterocycles. The monoisotopic (exact) mass is 431 g/mol. The van der Waals surface area contributed by atoms with Crippen LogP contribution in [0.5, 0.6) is 0 Å². The summed E-state index contributed by atoms with van der Waals surface area (Å²) in [4.78, 5) is 34.7. The van der Waals surface area contributed by atoms with Crippen LogP contribution in [0.4, 0.5) is 24.5 Å². The molecule has 3 aromatic rings. The minimum absolute atomic E-state index is 0.0966. The van der Waals surface area contributed by atoms with Gasteiger partial charge in [0.1, 0.15) is 6.54 Å². The summed E-state index contributed by atoms with van der Waals surface area (Å²) in [5, 5.41) is 13.2. The molecule has 0 radical (unpaired) electrons. The zero-order valence-electron chi connectivity index (χ0n) is 13.6. The highest BCUT2D eigenvalue weighted by molar-refractivity contribution is 7.13. The summed E-state index contributed by atoms with van der Waals surface area (Å²) in [6, 6.07) is 6.14. The second kappa shape index (κ2) is 7.24. The van der Waals surface area contributed by atoms with Gasteiger partial charge in [0.2, 0.25) is 5.91 Å². The fraction of sp³-hybridized carbons (Fsp3) is 0.125. The molecule has 0 aliphatic carbocycles. The number of nitro groups is 1. The van der Waals surface area contributed by atoms with Crippen LogP contribution in [0.3, 0.4) is 0 Å². The summed E-state index contributed by atoms with van der Waals surface area (Å²) in [6.45, 7) is -0.488. The number of nitrogens with one attached hydrogen (secondary N) is 1. The van der Waals surface area contributed by atoms with Crippen LogP contribution in [-0.4, -0.2) is 14.8 Å². The Labute approximate surface area is 163 Å². The van der Waals surface area contributed by atoms with Crippen molar-refractivity contribution in [2.24, 2.45) is 0 Å². The van der Waals surface area contributed by atoms with Crippen molar-refractivity contribution in [3.63, 3.8) is 0 Å². The van der Waals surface area contributed by atoms with E-state index in [1.807, 2.05) is 0 Å². The molecule has 0 spiro atoms. The molecule has 0 saturated carbocycles. The highest BCUT2D eigenvalue weighted by atomic mass is 35.5. The third kappa shape index (κ3) is 3.99. The SMILES string of the molecule is O=C(Cn1sc2cc([N+](=O)[O-])ccc2c1=O)Nc1cc(C(F)(F)F)ccc1Cl. The van der Waals surface area contributed by atoms with Gasteiger partial charge < -0.3 is 5.32 Å². The molecule has 0 aliphatic rings. The maximum Gasteiger partial charge on any atom is 0.416 e. The van der Waals surface area contributed by atoms with Crippen LogP contribution < -0.4 is 10.9 Å². The lowest BCUT2D eigenvalue weighted by Gasteiger charge is -2.11. The number of hydrogen-bond donors (Lipinski definition) is 1. The number of amides is 1. The van der Waals surface area contributed by atoms with E-state index in [-0.39, 0.29) is 21.8 Å². The summed E-state index contributed by atoms with van der Waals surface area (Å²) in [7, 11) is 0. The van der Waals surface area contributed by atoms with Crippen LogP contribution in [-0.2, 0) is 17.5 Å². The molecule has 146 valence electrons. The van der Waals surface area contributed by atoms with Crippen molar-refractivity contribution < 1.29 is 22.9 Å². The summed E-state index contributed by atoms with van der Waals surface area (Å²) in [5.74, 6) is -0.774. The van der Waals surface area contributed by atoms with E-state index in [1.54, 1.807) is 0 Å². The molecule has 0 fully saturated rings. The lowest BCUT2D eigenvalue weighted by atomic mass is 10.2. The van der Waals surface area contributed by atoms with Crippen LogP contribution >= 0.6 is 23.1 Å².